The van der Waals surface area contributed by atoms with Crippen LogP contribution < -0.4 is 20.4 Å². The summed E-state index contributed by atoms with van der Waals surface area (Å²) in [5.74, 6) is 1.05. The highest BCUT2D eigenvalue weighted by molar-refractivity contribution is 5.92. The van der Waals surface area contributed by atoms with Crippen molar-refractivity contribution in [1.29, 1.82) is 0 Å². The minimum Gasteiger partial charge on any atom is -0.495 e. The standard InChI is InChI=1S/C25H34N4O2/c1-16(2)29-22-12-17(3)19(13-20(22)18(4)14-25(29,5)6)15-26-28-24(30)27-21-10-8-9-11-23(21)31-7/h8-13,15-16,18H,14H2,1-7H3,(H2,27,28,30)/b26-15+/t18-/m1/s1. The third kappa shape index (κ3) is 4.84. The second kappa shape index (κ2) is 9.00. The van der Waals surface area contributed by atoms with Gasteiger partial charge in [0, 0.05) is 17.3 Å². The van der Waals surface area contributed by atoms with E-state index in [0.717, 1.165) is 17.5 Å². The first-order chi connectivity index (χ1) is 14.6. The van der Waals surface area contributed by atoms with Crippen LogP contribution in [0.25, 0.3) is 0 Å². The predicted molar refractivity (Wildman–Crippen MR) is 129 cm³/mol. The van der Waals surface area contributed by atoms with Crippen LogP contribution in [0.2, 0.25) is 0 Å². The Balaban J connectivity index is 1.78. The van der Waals surface area contributed by atoms with Gasteiger partial charge in [-0.25, -0.2) is 10.2 Å². The molecule has 1 heterocycles. The van der Waals surface area contributed by atoms with Gasteiger partial charge in [0.15, 0.2) is 0 Å². The zero-order valence-electron chi connectivity index (χ0n) is 19.6. The lowest BCUT2D eigenvalue weighted by atomic mass is 9.78. The molecule has 0 aliphatic carbocycles. The molecule has 0 fully saturated rings. The second-order valence-corrected chi connectivity index (χ2v) is 9.17. The van der Waals surface area contributed by atoms with Crippen molar-refractivity contribution < 1.29 is 9.53 Å². The van der Waals surface area contributed by atoms with Gasteiger partial charge in [0.1, 0.15) is 5.75 Å². The van der Waals surface area contributed by atoms with Gasteiger partial charge >= 0.3 is 6.03 Å². The maximum absolute atomic E-state index is 12.2. The molecule has 0 saturated heterocycles. The number of amides is 2. The van der Waals surface area contributed by atoms with Gasteiger partial charge < -0.3 is 15.0 Å². The summed E-state index contributed by atoms with van der Waals surface area (Å²) in [7, 11) is 1.57. The molecule has 31 heavy (non-hydrogen) atoms. The highest BCUT2D eigenvalue weighted by atomic mass is 16.5. The smallest absolute Gasteiger partial charge is 0.339 e. The van der Waals surface area contributed by atoms with Crippen molar-refractivity contribution in [3.63, 3.8) is 0 Å². The van der Waals surface area contributed by atoms with Gasteiger partial charge in [0.2, 0.25) is 0 Å². The molecule has 6 heteroatoms. The molecule has 2 aromatic rings. The van der Waals surface area contributed by atoms with E-state index in [2.05, 4.69) is 74.4 Å². The normalized spacial score (nSPS) is 17.5. The zero-order chi connectivity index (χ0) is 22.8. The number of nitrogens with zero attached hydrogens (tertiary/aromatic N) is 2. The number of rotatable bonds is 5. The summed E-state index contributed by atoms with van der Waals surface area (Å²) in [6, 6.07) is 11.7. The Hall–Kier alpha value is -3.02. The predicted octanol–water partition coefficient (Wildman–Crippen LogP) is 5.66. The van der Waals surface area contributed by atoms with Gasteiger partial charge in [0.05, 0.1) is 19.0 Å². The average Bonchev–Trinajstić information content (AvgIpc) is 2.68. The van der Waals surface area contributed by atoms with Crippen LogP contribution in [0.3, 0.4) is 0 Å². The number of carbonyl (C=O) groups excluding carboxylic acids is 1. The van der Waals surface area contributed by atoms with Crippen molar-refractivity contribution in [2.24, 2.45) is 5.10 Å². The molecular formula is C25H34N4O2. The van der Waals surface area contributed by atoms with Gasteiger partial charge in [-0.1, -0.05) is 19.1 Å². The fraction of sp³-hybridized carbons (Fsp3) is 0.440. The lowest BCUT2D eigenvalue weighted by molar-refractivity contribution is 0.252. The van der Waals surface area contributed by atoms with Crippen molar-refractivity contribution >= 4 is 23.6 Å². The summed E-state index contributed by atoms with van der Waals surface area (Å²) in [5, 5.41) is 6.92. The molecular weight excluding hydrogens is 388 g/mol. The van der Waals surface area contributed by atoms with Gasteiger partial charge in [-0.3, -0.25) is 0 Å². The molecule has 2 N–H and O–H groups in total. The first-order valence-corrected chi connectivity index (χ1v) is 10.8. The van der Waals surface area contributed by atoms with Crippen molar-refractivity contribution in [1.82, 2.24) is 5.43 Å². The Morgan fingerprint density at radius 3 is 2.68 bits per heavy atom. The van der Waals surface area contributed by atoms with Gasteiger partial charge in [-0.15, -0.1) is 0 Å². The fourth-order valence-electron chi connectivity index (χ4n) is 4.79. The van der Waals surface area contributed by atoms with E-state index in [9.17, 15) is 4.79 Å². The van der Waals surface area contributed by atoms with Crippen LogP contribution in [-0.2, 0) is 0 Å². The van der Waals surface area contributed by atoms with Gasteiger partial charge in [-0.2, -0.15) is 5.10 Å². The number of aryl methyl sites for hydroxylation is 1. The van der Waals surface area contributed by atoms with E-state index in [1.165, 1.54) is 11.3 Å². The third-order valence-corrected chi connectivity index (χ3v) is 5.90. The maximum atomic E-state index is 12.2. The van der Waals surface area contributed by atoms with E-state index >= 15 is 0 Å². The lowest BCUT2D eigenvalue weighted by Gasteiger charge is -2.50. The fourth-order valence-corrected chi connectivity index (χ4v) is 4.79. The number of nitrogens with one attached hydrogen (secondary N) is 2. The topological polar surface area (TPSA) is 66.0 Å². The van der Waals surface area contributed by atoms with Crippen LogP contribution in [0.15, 0.2) is 41.5 Å². The Bertz CT molecular complexity index is 981. The number of hydrazone groups is 1. The molecule has 2 aromatic carbocycles. The monoisotopic (exact) mass is 422 g/mol. The molecule has 0 saturated carbocycles. The first-order valence-electron chi connectivity index (χ1n) is 10.8. The quantitative estimate of drug-likeness (QED) is 0.483. The summed E-state index contributed by atoms with van der Waals surface area (Å²) >= 11 is 0. The molecule has 0 bridgehead atoms. The minimum absolute atomic E-state index is 0.112. The maximum Gasteiger partial charge on any atom is 0.339 e. The van der Waals surface area contributed by atoms with Crippen LogP contribution in [0.1, 0.15) is 63.6 Å². The summed E-state index contributed by atoms with van der Waals surface area (Å²) < 4.78 is 5.25. The average molecular weight is 423 g/mol. The number of urea groups is 1. The van der Waals surface area contributed by atoms with E-state index in [1.54, 1.807) is 25.5 Å². The third-order valence-electron chi connectivity index (χ3n) is 5.90. The number of para-hydroxylation sites is 2. The van der Waals surface area contributed by atoms with Crippen LogP contribution in [-0.4, -0.2) is 30.9 Å². The molecule has 1 atom stereocenters. The van der Waals surface area contributed by atoms with Crippen molar-refractivity contribution in [2.45, 2.75) is 65.5 Å². The van der Waals surface area contributed by atoms with E-state index in [0.29, 0.717) is 23.4 Å². The highest BCUT2D eigenvalue weighted by Gasteiger charge is 2.37. The minimum atomic E-state index is -0.419. The van der Waals surface area contributed by atoms with Crippen LogP contribution in [0.4, 0.5) is 16.2 Å². The SMILES string of the molecule is COc1ccccc1NC(=O)N/N=C/c1cc2c(cc1C)N(C(C)C)C(C)(C)C[C@H]2C. The molecule has 0 aromatic heterocycles. The molecule has 1 aliphatic rings. The Morgan fingerprint density at radius 2 is 2.00 bits per heavy atom. The molecule has 2 amide bonds. The number of fused-ring (bicyclic) bond motifs is 1. The number of anilines is 2. The molecule has 3 rings (SSSR count). The molecule has 0 unspecified atom stereocenters. The van der Waals surface area contributed by atoms with E-state index < -0.39 is 6.03 Å². The first kappa shape index (κ1) is 22.7. The Morgan fingerprint density at radius 1 is 1.29 bits per heavy atom. The van der Waals surface area contributed by atoms with Crippen molar-refractivity contribution in [2.75, 3.05) is 17.3 Å². The van der Waals surface area contributed by atoms with E-state index in [1.807, 2.05) is 12.1 Å². The summed E-state index contributed by atoms with van der Waals surface area (Å²) in [6.07, 6.45) is 2.81. The summed E-state index contributed by atoms with van der Waals surface area (Å²) in [6.45, 7) is 13.5. The molecule has 6 nitrogen and oxygen atoms in total. The number of carbonyl (C=O) groups is 1. The van der Waals surface area contributed by atoms with Gasteiger partial charge in [0.25, 0.3) is 0 Å². The van der Waals surface area contributed by atoms with Crippen molar-refractivity contribution in [3.8, 4) is 5.75 Å². The second-order valence-electron chi connectivity index (χ2n) is 9.17. The number of hydrogen-bond donors (Lipinski definition) is 2. The number of ether oxygens (including phenoxy) is 1. The summed E-state index contributed by atoms with van der Waals surface area (Å²) in [5.41, 5.74) is 8.01. The number of methoxy groups -OCH3 is 1. The zero-order valence-corrected chi connectivity index (χ0v) is 19.6. The summed E-state index contributed by atoms with van der Waals surface area (Å²) in [4.78, 5) is 14.8. The molecule has 0 radical (unpaired) electrons. The van der Waals surface area contributed by atoms with E-state index in [-0.39, 0.29) is 5.54 Å². The Kier molecular flexibility index (Phi) is 6.58. The van der Waals surface area contributed by atoms with Crippen LogP contribution in [0.5, 0.6) is 5.75 Å². The molecule has 1 aliphatic heterocycles. The number of hydrogen-bond acceptors (Lipinski definition) is 4. The van der Waals surface area contributed by atoms with Crippen LogP contribution >= 0.6 is 0 Å². The van der Waals surface area contributed by atoms with Crippen molar-refractivity contribution in [3.05, 3.63) is 53.1 Å². The lowest BCUT2D eigenvalue weighted by Crippen LogP contribution is -2.51. The van der Waals surface area contributed by atoms with E-state index in [4.69, 9.17) is 4.74 Å². The molecule has 0 spiro atoms. The van der Waals surface area contributed by atoms with Gasteiger partial charge in [-0.05, 0) is 87.9 Å². The Labute approximate surface area is 185 Å². The highest BCUT2D eigenvalue weighted by Crippen LogP contribution is 2.45. The van der Waals surface area contributed by atoms with Crippen LogP contribution in [0, 0.1) is 6.92 Å². The number of benzene rings is 2. The largest absolute Gasteiger partial charge is 0.495 e. The molecule has 166 valence electrons.